The number of hydrogen-bond acceptors (Lipinski definition) is 10. The van der Waals surface area contributed by atoms with Crippen molar-refractivity contribution in [3.05, 3.63) is 162 Å². The van der Waals surface area contributed by atoms with E-state index in [2.05, 4.69) is 86.5 Å². The van der Waals surface area contributed by atoms with E-state index in [1.807, 2.05) is 46.9 Å². The van der Waals surface area contributed by atoms with Gasteiger partial charge in [-0.2, -0.15) is 0 Å². The van der Waals surface area contributed by atoms with E-state index in [0.717, 1.165) is 4.47 Å². The van der Waals surface area contributed by atoms with Gasteiger partial charge in [-0.25, -0.2) is 38.3 Å². The molecule has 7 rings (SSSR count). The van der Waals surface area contributed by atoms with Crippen LogP contribution in [-0.4, -0.2) is 52.5 Å². The molecular weight excluding hydrogens is 1310 g/mol. The summed E-state index contributed by atoms with van der Waals surface area (Å²) in [6.45, 7) is 10.2. The molecule has 0 aliphatic heterocycles. The molecule has 0 unspecified atom stereocenters. The molecule has 67 heavy (non-hydrogen) atoms. The molecular formula is C46H40BrF2I3N8O6V. The number of carbonyl (C=O) groups excluding carboxylic acids is 2. The topological polar surface area (TPSA) is 172 Å². The van der Waals surface area contributed by atoms with Crippen LogP contribution in [0.4, 0.5) is 29.7 Å². The second-order valence-electron chi connectivity index (χ2n) is 15.8. The van der Waals surface area contributed by atoms with Gasteiger partial charge >= 0.3 is 61.6 Å². The van der Waals surface area contributed by atoms with Gasteiger partial charge in [0.15, 0.2) is 11.6 Å². The van der Waals surface area contributed by atoms with Gasteiger partial charge in [0, 0.05) is 63.9 Å². The van der Waals surface area contributed by atoms with Gasteiger partial charge in [-0.3, -0.25) is 29.4 Å². The van der Waals surface area contributed by atoms with Gasteiger partial charge in [-0.05, 0) is 131 Å². The quantitative estimate of drug-likeness (QED) is 0.146. The number of nitrogens with zero attached hydrogens (tertiary/aromatic N) is 6. The molecule has 0 aliphatic carbocycles. The van der Waals surface area contributed by atoms with Crippen LogP contribution < -0.4 is 21.8 Å². The maximum absolute atomic E-state index is 14.5. The Morgan fingerprint density at radius 1 is 0.627 bits per heavy atom. The summed E-state index contributed by atoms with van der Waals surface area (Å²) in [5, 5.41) is 4.79. The van der Waals surface area contributed by atoms with Crippen molar-refractivity contribution in [1.29, 1.82) is 0 Å². The molecule has 2 N–H and O–H groups in total. The predicted octanol–water partition coefficient (Wildman–Crippen LogP) is 12.4. The van der Waals surface area contributed by atoms with Crippen LogP contribution in [0.15, 0.2) is 136 Å². The second-order valence-corrected chi connectivity index (χ2v) is 29.6. The summed E-state index contributed by atoms with van der Waals surface area (Å²) in [4.78, 5) is 67.5. The summed E-state index contributed by atoms with van der Waals surface area (Å²) in [7, 11) is 0.628. The number of benzene rings is 3. The molecule has 347 valence electrons. The first kappa shape index (κ1) is 53.3. The Hall–Kier alpha value is -4.63. The Kier molecular flexibility index (Phi) is 19.2. The van der Waals surface area contributed by atoms with Crippen molar-refractivity contribution in [2.75, 3.05) is 10.6 Å². The van der Waals surface area contributed by atoms with E-state index in [1.54, 1.807) is 103 Å². The number of aromatic nitrogens is 6. The number of carbonyl (C=O) groups is 2. The molecule has 21 heteroatoms. The Bertz CT molecular complexity index is 3000. The van der Waals surface area contributed by atoms with E-state index in [0.29, 0.717) is 58.3 Å². The fourth-order valence-electron chi connectivity index (χ4n) is 5.87. The number of rotatable bonds is 7. The summed E-state index contributed by atoms with van der Waals surface area (Å²) in [6, 6.07) is 22.1. The molecule has 0 spiro atoms. The Balaban J connectivity index is 0.000000241. The molecule has 0 aliphatic rings. The Labute approximate surface area is 435 Å². The summed E-state index contributed by atoms with van der Waals surface area (Å²) in [5.41, 5.74) is 0.673. The number of pyridine rings is 2. The molecule has 14 nitrogen and oxygen atoms in total. The van der Waals surface area contributed by atoms with E-state index in [9.17, 15) is 28.0 Å². The van der Waals surface area contributed by atoms with Gasteiger partial charge in [0.05, 0.1) is 26.3 Å². The number of amides is 2. The van der Waals surface area contributed by atoms with Crippen molar-refractivity contribution in [3.8, 4) is 45.3 Å². The van der Waals surface area contributed by atoms with Crippen LogP contribution in [0.1, 0.15) is 41.5 Å². The zero-order chi connectivity index (χ0) is 49.1. The van der Waals surface area contributed by atoms with Crippen LogP contribution in [0.5, 0.6) is 0 Å². The van der Waals surface area contributed by atoms with Crippen LogP contribution in [0.3, 0.4) is 0 Å². The van der Waals surface area contributed by atoms with Crippen LogP contribution in [-0.2, 0) is 18.9 Å². The average Bonchev–Trinajstić information content (AvgIpc) is 3.26. The molecule has 0 bridgehead atoms. The van der Waals surface area contributed by atoms with Crippen LogP contribution in [0, 0.1) is 15.2 Å². The van der Waals surface area contributed by atoms with Crippen molar-refractivity contribution >= 4 is 102 Å². The fourth-order valence-corrected chi connectivity index (χ4v) is 6.97. The Morgan fingerprint density at radius 3 is 1.48 bits per heavy atom. The monoisotopic (exact) mass is 1350 g/mol. The van der Waals surface area contributed by atoms with E-state index >= 15 is 0 Å². The van der Waals surface area contributed by atoms with Gasteiger partial charge in [0.2, 0.25) is 0 Å². The van der Waals surface area contributed by atoms with Gasteiger partial charge < -0.3 is 9.47 Å². The maximum atomic E-state index is 14.5. The standard InChI is InChI=1S/C26H22BrFN4O3.C20H18FIN4O3.2HI.V/c1-26(2,3)35-25(34)31-22-14-17(9-10-21(22)28)32-15-16(23-29-11-6-12-30-23)13-19(24(32)33)18-7-4-5-8-20(18)27;1-20(2,3)29-19(28)25-16-10-13(5-6-14(16)21)26-11-12(9-15(22)18(26)27)17-23-7-4-8-24-17;;;/h4-15H,1-3H3,(H,31,34);4-11H,1-3H3,(H,25,28);2*1H;/q;;;;+2/p-2. The van der Waals surface area contributed by atoms with Crippen molar-refractivity contribution in [3.63, 3.8) is 0 Å². The van der Waals surface area contributed by atoms with E-state index in [-0.39, 0.29) is 22.5 Å². The summed E-state index contributed by atoms with van der Waals surface area (Å²) >= 11 is 10.2. The van der Waals surface area contributed by atoms with Gasteiger partial charge in [0.25, 0.3) is 11.1 Å². The summed E-state index contributed by atoms with van der Waals surface area (Å²) in [5.74, 6) is -0.441. The van der Waals surface area contributed by atoms with Gasteiger partial charge in [-0.1, -0.05) is 34.1 Å². The molecule has 0 atom stereocenters. The average molecular weight is 1350 g/mol. The third-order valence-electron chi connectivity index (χ3n) is 8.53. The van der Waals surface area contributed by atoms with Crippen molar-refractivity contribution in [1.82, 2.24) is 29.1 Å². The normalized spacial score (nSPS) is 10.9. The molecule has 2 amide bonds. The second kappa shape index (κ2) is 24.1. The van der Waals surface area contributed by atoms with Crippen LogP contribution in [0.25, 0.3) is 45.3 Å². The third kappa shape index (κ3) is 15.4. The molecule has 0 fully saturated rings. The van der Waals surface area contributed by atoms with Gasteiger partial charge in [-0.15, -0.1) is 0 Å². The zero-order valence-corrected chi connectivity index (χ0v) is 45.8. The summed E-state index contributed by atoms with van der Waals surface area (Å²) < 4.78 is 43.1. The first-order valence-electron chi connectivity index (χ1n) is 19.7. The van der Waals surface area contributed by atoms with Crippen molar-refractivity contribution in [2.24, 2.45) is 0 Å². The van der Waals surface area contributed by atoms with Crippen LogP contribution >= 0.6 is 78.5 Å². The molecule has 4 aromatic heterocycles. The first-order chi connectivity index (χ1) is 31.7. The molecule has 0 saturated heterocycles. The predicted molar refractivity (Wildman–Crippen MR) is 280 cm³/mol. The third-order valence-corrected chi connectivity index (χ3v) is 9.99. The summed E-state index contributed by atoms with van der Waals surface area (Å²) in [6.07, 6.45) is 7.99. The van der Waals surface area contributed by atoms with E-state index in [1.165, 1.54) is 45.5 Å². The molecule has 7 aromatic rings. The fraction of sp³-hybridized carbons (Fsp3) is 0.174. The van der Waals surface area contributed by atoms with Crippen LogP contribution in [0.2, 0.25) is 0 Å². The number of hydrogen-bond donors (Lipinski definition) is 2. The number of halogens is 6. The number of nitrogens with one attached hydrogen (secondary N) is 2. The number of ether oxygens (including phenoxy) is 2. The minimum atomic E-state index is -0.804. The molecule has 0 saturated carbocycles. The van der Waals surface area contributed by atoms with Crippen molar-refractivity contribution < 1.29 is 37.3 Å². The Morgan fingerprint density at radius 2 is 1.04 bits per heavy atom. The minimum absolute atomic E-state index is 0.0972. The number of anilines is 2. The SMILES string of the molecule is CC(C)(C)OC(=O)Nc1cc(-n2cc(-c3ncccn3)cc(-c3ccccc3Br)c2=O)ccc1F.CC(C)(C)OC(=O)Nc1cc(-n2cc(-c3ncccn3)cc(I)c2=O)ccc1F.[I][V][I]. The molecule has 0 radical (unpaired) electrons. The zero-order valence-electron chi connectivity index (χ0n) is 36.4. The van der Waals surface area contributed by atoms with E-state index in [4.69, 9.17) is 9.47 Å². The van der Waals surface area contributed by atoms with E-state index < -0.39 is 35.0 Å². The first-order valence-corrected chi connectivity index (χ1v) is 30.6. The van der Waals surface area contributed by atoms with Crippen molar-refractivity contribution in [2.45, 2.75) is 52.7 Å². The molecule has 3 aromatic carbocycles. The molecule has 4 heterocycles. The van der Waals surface area contributed by atoms with Gasteiger partial charge in [0.1, 0.15) is 22.8 Å².